The van der Waals surface area contributed by atoms with E-state index in [1.807, 2.05) is 26.8 Å². The maximum atomic E-state index is 12.7. The molecule has 0 aromatic carbocycles. The second-order valence-electron chi connectivity index (χ2n) is 5.83. The highest BCUT2D eigenvalue weighted by atomic mass is 32.2. The molecule has 0 saturated carbocycles. The molecule has 0 aliphatic carbocycles. The van der Waals surface area contributed by atoms with Gasteiger partial charge in [-0.25, -0.2) is 8.42 Å². The minimum Gasteiger partial charge on any atom is -0.464 e. The van der Waals surface area contributed by atoms with Crippen molar-refractivity contribution in [2.24, 2.45) is 0 Å². The van der Waals surface area contributed by atoms with Gasteiger partial charge in [-0.2, -0.15) is 4.31 Å². The van der Waals surface area contributed by atoms with Gasteiger partial charge < -0.3 is 9.73 Å². The van der Waals surface area contributed by atoms with Gasteiger partial charge >= 0.3 is 0 Å². The fraction of sp³-hybridized carbons (Fsp3) is 0.600. The van der Waals surface area contributed by atoms with Crippen molar-refractivity contribution < 1.29 is 12.8 Å². The summed E-state index contributed by atoms with van der Waals surface area (Å²) in [5.41, 5.74) is 1.24. The summed E-state index contributed by atoms with van der Waals surface area (Å²) in [5, 5.41) is 3.23. The Bertz CT molecular complexity index is 629. The lowest BCUT2D eigenvalue weighted by atomic mass is 10.1. The lowest BCUT2D eigenvalue weighted by Crippen LogP contribution is -2.34. The SMILES string of the molecule is CC1=CCN(S(=O)(=O)c2cc(CNC(C)C)oc2C)CC1. The summed E-state index contributed by atoms with van der Waals surface area (Å²) in [6.45, 7) is 9.32. The molecule has 0 spiro atoms. The number of furan rings is 1. The highest BCUT2D eigenvalue weighted by molar-refractivity contribution is 7.89. The van der Waals surface area contributed by atoms with Crippen molar-refractivity contribution in [3.63, 3.8) is 0 Å². The zero-order chi connectivity index (χ0) is 15.6. The van der Waals surface area contributed by atoms with Crippen molar-refractivity contribution in [3.8, 4) is 0 Å². The molecule has 0 bridgehead atoms. The molecule has 0 radical (unpaired) electrons. The molecule has 2 rings (SSSR count). The minimum absolute atomic E-state index is 0.288. The van der Waals surface area contributed by atoms with Gasteiger partial charge in [0.15, 0.2) is 0 Å². The average Bonchev–Trinajstić information content (AvgIpc) is 2.79. The van der Waals surface area contributed by atoms with Gasteiger partial charge in [-0.15, -0.1) is 0 Å². The molecule has 1 N–H and O–H groups in total. The Morgan fingerprint density at radius 3 is 2.67 bits per heavy atom. The van der Waals surface area contributed by atoms with Gasteiger partial charge in [0.2, 0.25) is 10.0 Å². The highest BCUT2D eigenvalue weighted by Gasteiger charge is 2.29. The van der Waals surface area contributed by atoms with Crippen LogP contribution in [0, 0.1) is 6.92 Å². The molecule has 21 heavy (non-hydrogen) atoms. The van der Waals surface area contributed by atoms with Gasteiger partial charge in [0.25, 0.3) is 0 Å². The first-order valence-electron chi connectivity index (χ1n) is 7.29. The summed E-state index contributed by atoms with van der Waals surface area (Å²) in [6.07, 6.45) is 2.76. The normalized spacial score (nSPS) is 17.3. The van der Waals surface area contributed by atoms with E-state index in [2.05, 4.69) is 5.32 Å². The van der Waals surface area contributed by atoms with Crippen LogP contribution in [-0.4, -0.2) is 31.9 Å². The lowest BCUT2D eigenvalue weighted by molar-refractivity contribution is 0.424. The summed E-state index contributed by atoms with van der Waals surface area (Å²) in [6, 6.07) is 1.97. The Kier molecular flexibility index (Phi) is 4.91. The Morgan fingerprint density at radius 1 is 1.38 bits per heavy atom. The molecule has 1 aromatic heterocycles. The van der Waals surface area contributed by atoms with Gasteiger partial charge in [0.05, 0.1) is 6.54 Å². The average molecular weight is 312 g/mol. The fourth-order valence-corrected chi connectivity index (χ4v) is 3.85. The summed E-state index contributed by atoms with van der Waals surface area (Å²) >= 11 is 0. The number of nitrogens with zero attached hydrogens (tertiary/aromatic N) is 1. The van der Waals surface area contributed by atoms with Crippen molar-refractivity contribution in [2.45, 2.75) is 51.6 Å². The van der Waals surface area contributed by atoms with Crippen molar-refractivity contribution in [3.05, 3.63) is 29.2 Å². The van der Waals surface area contributed by atoms with Crippen LogP contribution in [0.25, 0.3) is 0 Å². The number of hydrogen-bond acceptors (Lipinski definition) is 4. The number of sulfonamides is 1. The Hall–Kier alpha value is -1.11. The second-order valence-corrected chi connectivity index (χ2v) is 7.74. The highest BCUT2D eigenvalue weighted by Crippen LogP contribution is 2.25. The predicted molar refractivity (Wildman–Crippen MR) is 82.6 cm³/mol. The van der Waals surface area contributed by atoms with Gasteiger partial charge in [-0.3, -0.25) is 0 Å². The van der Waals surface area contributed by atoms with E-state index in [9.17, 15) is 8.42 Å². The molecular formula is C15H24N2O3S. The van der Waals surface area contributed by atoms with Crippen LogP contribution in [-0.2, 0) is 16.6 Å². The molecule has 0 atom stereocenters. The molecule has 0 saturated heterocycles. The smallest absolute Gasteiger partial charge is 0.246 e. The van der Waals surface area contributed by atoms with Crippen LogP contribution in [0.2, 0.25) is 0 Å². The van der Waals surface area contributed by atoms with Crippen LogP contribution in [0.5, 0.6) is 0 Å². The maximum Gasteiger partial charge on any atom is 0.246 e. The summed E-state index contributed by atoms with van der Waals surface area (Å²) < 4.78 is 32.5. The van der Waals surface area contributed by atoms with Crippen LogP contribution < -0.4 is 5.32 Å². The van der Waals surface area contributed by atoms with Crippen molar-refractivity contribution in [1.29, 1.82) is 0 Å². The second kappa shape index (κ2) is 6.34. The minimum atomic E-state index is -3.47. The molecule has 0 amide bonds. The molecule has 1 aliphatic rings. The van der Waals surface area contributed by atoms with Gasteiger partial charge in [-0.1, -0.05) is 25.5 Å². The molecule has 1 aliphatic heterocycles. The zero-order valence-electron chi connectivity index (χ0n) is 13.1. The molecular weight excluding hydrogens is 288 g/mol. The Balaban J connectivity index is 2.20. The summed E-state index contributed by atoms with van der Waals surface area (Å²) in [5.74, 6) is 1.12. The largest absolute Gasteiger partial charge is 0.464 e. The summed E-state index contributed by atoms with van der Waals surface area (Å²) in [7, 11) is -3.47. The Labute approximate surface area is 127 Å². The Morgan fingerprint density at radius 2 is 2.10 bits per heavy atom. The molecule has 5 nitrogen and oxygen atoms in total. The van der Waals surface area contributed by atoms with E-state index in [-0.39, 0.29) is 4.90 Å². The summed E-state index contributed by atoms with van der Waals surface area (Å²) in [4.78, 5) is 0.288. The molecule has 0 fully saturated rings. The van der Waals surface area contributed by atoms with E-state index < -0.39 is 10.0 Å². The first kappa shape index (κ1) is 16.3. The van der Waals surface area contributed by atoms with Crippen molar-refractivity contribution >= 4 is 10.0 Å². The van der Waals surface area contributed by atoms with E-state index in [4.69, 9.17) is 4.42 Å². The molecule has 1 aromatic rings. The van der Waals surface area contributed by atoms with Crippen LogP contribution >= 0.6 is 0 Å². The zero-order valence-corrected chi connectivity index (χ0v) is 14.0. The van der Waals surface area contributed by atoms with Crippen LogP contribution in [0.3, 0.4) is 0 Å². The monoisotopic (exact) mass is 312 g/mol. The van der Waals surface area contributed by atoms with E-state index in [0.717, 1.165) is 6.42 Å². The lowest BCUT2D eigenvalue weighted by Gasteiger charge is -2.24. The first-order valence-corrected chi connectivity index (χ1v) is 8.73. The third-order valence-electron chi connectivity index (χ3n) is 3.62. The van der Waals surface area contributed by atoms with E-state index >= 15 is 0 Å². The topological polar surface area (TPSA) is 62.6 Å². The van der Waals surface area contributed by atoms with Crippen LogP contribution in [0.1, 0.15) is 38.7 Å². The number of nitrogens with one attached hydrogen (secondary N) is 1. The fourth-order valence-electron chi connectivity index (χ4n) is 2.28. The standard InChI is InChI=1S/C15H24N2O3S/c1-11(2)16-10-14-9-15(13(4)20-14)21(18,19)17-7-5-12(3)6-8-17/h5,9,11,16H,6-8,10H2,1-4H3. The number of hydrogen-bond donors (Lipinski definition) is 1. The van der Waals surface area contributed by atoms with E-state index in [0.29, 0.717) is 37.2 Å². The molecule has 6 heteroatoms. The van der Waals surface area contributed by atoms with Gasteiger partial charge in [-0.05, 0) is 20.3 Å². The number of aryl methyl sites for hydroxylation is 1. The van der Waals surface area contributed by atoms with E-state index in [1.165, 1.54) is 9.88 Å². The van der Waals surface area contributed by atoms with E-state index in [1.54, 1.807) is 13.0 Å². The molecule has 0 unspecified atom stereocenters. The number of rotatable bonds is 5. The van der Waals surface area contributed by atoms with Crippen LogP contribution in [0.15, 0.2) is 27.0 Å². The first-order chi connectivity index (χ1) is 9.80. The third-order valence-corrected chi connectivity index (χ3v) is 5.60. The molecule has 2 heterocycles. The van der Waals surface area contributed by atoms with Gasteiger partial charge in [0.1, 0.15) is 16.4 Å². The van der Waals surface area contributed by atoms with Crippen LogP contribution in [0.4, 0.5) is 0 Å². The predicted octanol–water partition coefficient (Wildman–Crippen LogP) is 2.43. The quantitative estimate of drug-likeness (QED) is 0.848. The van der Waals surface area contributed by atoms with Crippen molar-refractivity contribution in [2.75, 3.05) is 13.1 Å². The van der Waals surface area contributed by atoms with Crippen molar-refractivity contribution in [1.82, 2.24) is 9.62 Å². The maximum absolute atomic E-state index is 12.7. The van der Waals surface area contributed by atoms with Gasteiger partial charge in [0, 0.05) is 25.2 Å². The molecule has 118 valence electrons. The third kappa shape index (κ3) is 3.75.